The summed E-state index contributed by atoms with van der Waals surface area (Å²) < 4.78 is 5.04. The van der Waals surface area contributed by atoms with Gasteiger partial charge in [-0.3, -0.25) is 4.79 Å². The maximum Gasteiger partial charge on any atom is 0.239 e. The third-order valence-corrected chi connectivity index (χ3v) is 3.41. The summed E-state index contributed by atoms with van der Waals surface area (Å²) in [6, 6.07) is 6.39. The van der Waals surface area contributed by atoms with E-state index in [0.29, 0.717) is 19.7 Å². The summed E-state index contributed by atoms with van der Waals surface area (Å²) in [5.74, 6) is 0.0927. The molecule has 110 valence electrons. The van der Waals surface area contributed by atoms with Gasteiger partial charge in [-0.15, -0.1) is 0 Å². The number of anilines is 1. The molecule has 2 N–H and O–H groups in total. The zero-order valence-corrected chi connectivity index (χ0v) is 12.2. The lowest BCUT2D eigenvalue weighted by Crippen LogP contribution is -2.48. The summed E-state index contributed by atoms with van der Waals surface area (Å²) in [5, 5.41) is 6.23. The molecule has 0 aliphatic carbocycles. The van der Waals surface area contributed by atoms with Crippen molar-refractivity contribution < 1.29 is 9.53 Å². The van der Waals surface area contributed by atoms with Crippen LogP contribution < -0.4 is 15.5 Å². The molecule has 1 amide bonds. The van der Waals surface area contributed by atoms with Gasteiger partial charge in [-0.05, 0) is 18.6 Å². The number of rotatable bonds is 6. The minimum atomic E-state index is 0.0927. The smallest absolute Gasteiger partial charge is 0.239 e. The molecule has 1 saturated heterocycles. The molecule has 1 fully saturated rings. The van der Waals surface area contributed by atoms with Crippen LogP contribution in [-0.4, -0.2) is 45.8 Å². The quantitative estimate of drug-likeness (QED) is 0.750. The predicted octanol–water partition coefficient (Wildman–Crippen LogP) is 0.667. The second-order valence-corrected chi connectivity index (χ2v) is 5.07. The molecular formula is C15H23N3O2. The monoisotopic (exact) mass is 277 g/mol. The fraction of sp³-hybridized carbons (Fsp3) is 0.533. The Kier molecular flexibility index (Phi) is 5.38. The fourth-order valence-electron chi connectivity index (χ4n) is 2.41. The van der Waals surface area contributed by atoms with Gasteiger partial charge in [-0.1, -0.05) is 17.7 Å². The second kappa shape index (κ2) is 7.26. The SMILES string of the molecule is COCCNCc1cc(C)ccc1N1CCNC(=O)C1. The van der Waals surface area contributed by atoms with Gasteiger partial charge in [0.05, 0.1) is 13.2 Å². The van der Waals surface area contributed by atoms with Gasteiger partial charge < -0.3 is 20.3 Å². The number of hydrogen-bond acceptors (Lipinski definition) is 4. The third-order valence-electron chi connectivity index (χ3n) is 3.41. The molecule has 0 spiro atoms. The summed E-state index contributed by atoms with van der Waals surface area (Å²) in [5.41, 5.74) is 3.62. The van der Waals surface area contributed by atoms with Crippen LogP contribution in [0.2, 0.25) is 0 Å². The molecule has 1 aliphatic heterocycles. The van der Waals surface area contributed by atoms with Crippen molar-refractivity contribution in [3.05, 3.63) is 29.3 Å². The van der Waals surface area contributed by atoms with Crippen LogP contribution in [0.4, 0.5) is 5.69 Å². The van der Waals surface area contributed by atoms with Gasteiger partial charge in [0.15, 0.2) is 0 Å². The highest BCUT2D eigenvalue weighted by molar-refractivity contribution is 5.83. The number of hydrogen-bond donors (Lipinski definition) is 2. The molecule has 0 aromatic heterocycles. The number of amides is 1. The van der Waals surface area contributed by atoms with E-state index in [4.69, 9.17) is 4.74 Å². The number of nitrogens with zero attached hydrogens (tertiary/aromatic N) is 1. The maximum absolute atomic E-state index is 11.5. The maximum atomic E-state index is 11.5. The molecule has 0 radical (unpaired) electrons. The van der Waals surface area contributed by atoms with Gasteiger partial charge in [0.2, 0.25) is 5.91 Å². The molecule has 0 bridgehead atoms. The Balaban J connectivity index is 2.08. The van der Waals surface area contributed by atoms with E-state index in [1.54, 1.807) is 7.11 Å². The van der Waals surface area contributed by atoms with Crippen molar-refractivity contribution in [3.8, 4) is 0 Å². The number of benzene rings is 1. The minimum Gasteiger partial charge on any atom is -0.383 e. The van der Waals surface area contributed by atoms with Gasteiger partial charge in [0, 0.05) is 39.0 Å². The Hall–Kier alpha value is -1.59. The standard InChI is InChI=1S/C15H23N3O2/c1-12-3-4-14(18-7-5-17-15(19)11-18)13(9-12)10-16-6-8-20-2/h3-4,9,16H,5-8,10-11H2,1-2H3,(H,17,19). The van der Waals surface area contributed by atoms with Gasteiger partial charge in [0.1, 0.15) is 0 Å². The van der Waals surface area contributed by atoms with Crippen molar-refractivity contribution in [1.82, 2.24) is 10.6 Å². The van der Waals surface area contributed by atoms with E-state index in [-0.39, 0.29) is 5.91 Å². The number of piperazine rings is 1. The summed E-state index contributed by atoms with van der Waals surface area (Å²) in [4.78, 5) is 13.7. The highest BCUT2D eigenvalue weighted by Gasteiger charge is 2.18. The first-order valence-electron chi connectivity index (χ1n) is 7.01. The number of carbonyl (C=O) groups excluding carboxylic acids is 1. The average molecular weight is 277 g/mol. The van der Waals surface area contributed by atoms with Gasteiger partial charge in [0.25, 0.3) is 0 Å². The molecule has 1 aliphatic rings. The summed E-state index contributed by atoms with van der Waals surface area (Å²) >= 11 is 0. The molecule has 2 rings (SSSR count). The average Bonchev–Trinajstić information content (AvgIpc) is 2.44. The lowest BCUT2D eigenvalue weighted by atomic mass is 10.1. The zero-order chi connectivity index (χ0) is 14.4. The highest BCUT2D eigenvalue weighted by Crippen LogP contribution is 2.22. The van der Waals surface area contributed by atoms with Crippen molar-refractivity contribution in [2.45, 2.75) is 13.5 Å². The number of nitrogens with one attached hydrogen (secondary N) is 2. The van der Waals surface area contributed by atoms with Crippen LogP contribution in [0.3, 0.4) is 0 Å². The highest BCUT2D eigenvalue weighted by atomic mass is 16.5. The summed E-state index contributed by atoms with van der Waals surface area (Å²) in [7, 11) is 1.70. The lowest BCUT2D eigenvalue weighted by molar-refractivity contribution is -0.120. The van der Waals surface area contributed by atoms with E-state index in [2.05, 4.69) is 40.7 Å². The van der Waals surface area contributed by atoms with Gasteiger partial charge in [-0.25, -0.2) is 0 Å². The Bertz CT molecular complexity index is 462. The predicted molar refractivity (Wildman–Crippen MR) is 80.0 cm³/mol. The van der Waals surface area contributed by atoms with Gasteiger partial charge in [-0.2, -0.15) is 0 Å². The summed E-state index contributed by atoms with van der Waals surface area (Å²) in [6.45, 7) is 6.42. The first kappa shape index (κ1) is 14.8. The molecular weight excluding hydrogens is 254 g/mol. The Morgan fingerprint density at radius 2 is 2.30 bits per heavy atom. The van der Waals surface area contributed by atoms with E-state index < -0.39 is 0 Å². The largest absolute Gasteiger partial charge is 0.383 e. The third kappa shape index (κ3) is 3.95. The second-order valence-electron chi connectivity index (χ2n) is 5.07. The molecule has 0 saturated carbocycles. The van der Waals surface area contributed by atoms with Crippen LogP contribution in [0.25, 0.3) is 0 Å². The molecule has 1 heterocycles. The van der Waals surface area contributed by atoms with Crippen LogP contribution in [0, 0.1) is 6.92 Å². The van der Waals surface area contributed by atoms with E-state index in [1.165, 1.54) is 11.1 Å². The minimum absolute atomic E-state index is 0.0927. The Morgan fingerprint density at radius 3 is 3.05 bits per heavy atom. The normalized spacial score (nSPS) is 15.3. The number of ether oxygens (including phenoxy) is 1. The summed E-state index contributed by atoms with van der Waals surface area (Å²) in [6.07, 6.45) is 0. The van der Waals surface area contributed by atoms with Gasteiger partial charge >= 0.3 is 0 Å². The van der Waals surface area contributed by atoms with Crippen molar-refractivity contribution in [1.29, 1.82) is 0 Å². The molecule has 1 aromatic carbocycles. The van der Waals surface area contributed by atoms with Crippen molar-refractivity contribution >= 4 is 11.6 Å². The zero-order valence-electron chi connectivity index (χ0n) is 12.2. The number of carbonyl (C=O) groups is 1. The molecule has 5 nitrogen and oxygen atoms in total. The van der Waals surface area contributed by atoms with E-state index in [1.807, 2.05) is 0 Å². The Morgan fingerprint density at radius 1 is 1.45 bits per heavy atom. The first-order valence-corrected chi connectivity index (χ1v) is 7.01. The van der Waals surface area contributed by atoms with Crippen LogP contribution in [0.1, 0.15) is 11.1 Å². The van der Waals surface area contributed by atoms with Crippen LogP contribution in [0.15, 0.2) is 18.2 Å². The van der Waals surface area contributed by atoms with Crippen LogP contribution >= 0.6 is 0 Å². The molecule has 1 aromatic rings. The van der Waals surface area contributed by atoms with Crippen molar-refractivity contribution in [2.24, 2.45) is 0 Å². The Labute approximate surface area is 120 Å². The van der Waals surface area contributed by atoms with Crippen LogP contribution in [-0.2, 0) is 16.1 Å². The topological polar surface area (TPSA) is 53.6 Å². The van der Waals surface area contributed by atoms with Crippen molar-refractivity contribution in [3.63, 3.8) is 0 Å². The first-order chi connectivity index (χ1) is 9.70. The molecule has 0 unspecified atom stereocenters. The van der Waals surface area contributed by atoms with Crippen LogP contribution in [0.5, 0.6) is 0 Å². The molecule has 20 heavy (non-hydrogen) atoms. The van der Waals surface area contributed by atoms with E-state index in [0.717, 1.165) is 25.3 Å². The number of methoxy groups -OCH3 is 1. The lowest BCUT2D eigenvalue weighted by Gasteiger charge is -2.30. The van der Waals surface area contributed by atoms with E-state index in [9.17, 15) is 4.79 Å². The van der Waals surface area contributed by atoms with E-state index >= 15 is 0 Å². The molecule has 5 heteroatoms. The fourth-order valence-corrected chi connectivity index (χ4v) is 2.41. The molecule has 0 atom stereocenters. The number of aryl methyl sites for hydroxylation is 1. The van der Waals surface area contributed by atoms with Crippen molar-refractivity contribution in [2.75, 3.05) is 44.8 Å².